The predicted octanol–water partition coefficient (Wildman–Crippen LogP) is 2.78. The number of nitrogens with zero attached hydrogens (tertiary/aromatic N) is 2. The van der Waals surface area contributed by atoms with Crippen molar-refractivity contribution in [3.05, 3.63) is 36.2 Å². The van der Waals surface area contributed by atoms with E-state index in [2.05, 4.69) is 15.2 Å². The summed E-state index contributed by atoms with van der Waals surface area (Å²) >= 11 is 0. The number of benzene rings is 1. The van der Waals surface area contributed by atoms with E-state index in [-0.39, 0.29) is 0 Å². The average Bonchev–Trinajstić information content (AvgIpc) is 2.95. The number of para-hydroxylation sites is 1. The topological polar surface area (TPSA) is 54.7 Å². The molecule has 0 aliphatic heterocycles. The van der Waals surface area contributed by atoms with Crippen LogP contribution in [0.2, 0.25) is 0 Å². The lowest BCUT2D eigenvalue weighted by molar-refractivity contribution is 0.511. The fourth-order valence-electron chi connectivity index (χ4n) is 1.69. The number of aromatic amines is 1. The van der Waals surface area contributed by atoms with Crippen LogP contribution >= 0.6 is 0 Å². The van der Waals surface area contributed by atoms with Crippen molar-refractivity contribution >= 4 is 10.9 Å². The maximum Gasteiger partial charge on any atom is 0.264 e. The minimum absolute atomic E-state index is 0.549. The summed E-state index contributed by atoms with van der Waals surface area (Å²) in [5.74, 6) is 1.21. The Morgan fingerprint density at radius 1 is 1.25 bits per heavy atom. The normalized spacial score (nSPS) is 11.1. The number of aryl methyl sites for hydroxylation is 1. The molecule has 0 saturated heterocycles. The van der Waals surface area contributed by atoms with Crippen LogP contribution in [0.1, 0.15) is 12.8 Å². The van der Waals surface area contributed by atoms with E-state index in [1.807, 2.05) is 37.3 Å². The number of H-pyrrole nitrogens is 1. The first-order chi connectivity index (χ1) is 7.86. The van der Waals surface area contributed by atoms with Gasteiger partial charge in [0.2, 0.25) is 5.89 Å². The first-order valence-electron chi connectivity index (χ1n) is 5.27. The van der Waals surface area contributed by atoms with Crippen LogP contribution in [0.3, 0.4) is 0 Å². The van der Waals surface area contributed by atoms with E-state index in [9.17, 15) is 0 Å². The fraction of sp³-hybridized carbons (Fsp3) is 0.167. The van der Waals surface area contributed by atoms with Crippen LogP contribution in [-0.4, -0.2) is 15.2 Å². The van der Waals surface area contributed by atoms with E-state index >= 15 is 0 Å². The maximum absolute atomic E-state index is 5.49. The highest BCUT2D eigenvalue weighted by atomic mass is 16.4. The molecule has 0 unspecified atom stereocenters. The molecule has 80 valence electrons. The molecule has 0 amide bonds. The second kappa shape index (κ2) is 3.48. The Balaban J connectivity index is 2.11. The molecule has 4 nitrogen and oxygen atoms in total. The monoisotopic (exact) mass is 213 g/mol. The van der Waals surface area contributed by atoms with Gasteiger partial charge in [0.05, 0.1) is 0 Å². The summed E-state index contributed by atoms with van der Waals surface area (Å²) in [5, 5.41) is 9.10. The third-order valence-corrected chi connectivity index (χ3v) is 2.53. The lowest BCUT2D eigenvalue weighted by Crippen LogP contribution is -1.76. The van der Waals surface area contributed by atoms with Crippen molar-refractivity contribution in [1.82, 2.24) is 15.2 Å². The van der Waals surface area contributed by atoms with Crippen molar-refractivity contribution in [1.29, 1.82) is 0 Å². The summed E-state index contributed by atoms with van der Waals surface area (Å²) in [6.45, 7) is 1.99. The Bertz CT molecular complexity index is 591. The van der Waals surface area contributed by atoms with E-state index in [0.29, 0.717) is 11.8 Å². The van der Waals surface area contributed by atoms with E-state index in [1.165, 1.54) is 0 Å². The molecule has 2 aromatic heterocycles. The summed E-state index contributed by atoms with van der Waals surface area (Å²) in [5.41, 5.74) is 1.95. The highest BCUT2D eigenvalue weighted by Gasteiger charge is 2.09. The van der Waals surface area contributed by atoms with Crippen molar-refractivity contribution in [3.63, 3.8) is 0 Å². The molecule has 0 spiro atoms. The van der Waals surface area contributed by atoms with Gasteiger partial charge in [0, 0.05) is 17.3 Å². The second-order valence-corrected chi connectivity index (χ2v) is 3.62. The molecule has 0 atom stereocenters. The summed E-state index contributed by atoms with van der Waals surface area (Å²) in [7, 11) is 0. The molecule has 3 rings (SSSR count). The molecule has 3 aromatic rings. The maximum atomic E-state index is 5.49. The Labute approximate surface area is 92.3 Å². The molecule has 2 heterocycles. The van der Waals surface area contributed by atoms with E-state index in [1.54, 1.807) is 0 Å². The molecular weight excluding hydrogens is 202 g/mol. The van der Waals surface area contributed by atoms with Crippen LogP contribution in [0, 0.1) is 0 Å². The molecule has 1 aromatic carbocycles. The molecule has 16 heavy (non-hydrogen) atoms. The van der Waals surface area contributed by atoms with Crippen molar-refractivity contribution in [3.8, 4) is 11.6 Å². The number of rotatable bonds is 2. The molecule has 0 bridgehead atoms. The third-order valence-electron chi connectivity index (χ3n) is 2.53. The highest BCUT2D eigenvalue weighted by Crippen LogP contribution is 2.22. The third kappa shape index (κ3) is 1.39. The Morgan fingerprint density at radius 3 is 2.88 bits per heavy atom. The van der Waals surface area contributed by atoms with Crippen LogP contribution in [0.25, 0.3) is 22.5 Å². The SMILES string of the molecule is CCc1nnc(-c2cc3ccccc3[nH]2)o1. The molecule has 1 N–H and O–H groups in total. The zero-order chi connectivity index (χ0) is 11.0. The smallest absolute Gasteiger partial charge is 0.264 e. The lowest BCUT2D eigenvalue weighted by Gasteiger charge is -1.87. The van der Waals surface area contributed by atoms with Crippen LogP contribution in [-0.2, 0) is 6.42 Å². The molecule has 0 radical (unpaired) electrons. The van der Waals surface area contributed by atoms with Gasteiger partial charge in [0.25, 0.3) is 5.89 Å². The van der Waals surface area contributed by atoms with Gasteiger partial charge in [-0.05, 0) is 12.1 Å². The van der Waals surface area contributed by atoms with Crippen LogP contribution in [0.15, 0.2) is 34.7 Å². The van der Waals surface area contributed by atoms with Gasteiger partial charge in [-0.1, -0.05) is 25.1 Å². The quantitative estimate of drug-likeness (QED) is 0.712. The summed E-state index contributed by atoms with van der Waals surface area (Å²) in [6, 6.07) is 10.1. The summed E-state index contributed by atoms with van der Waals surface area (Å²) in [4.78, 5) is 3.25. The number of nitrogens with one attached hydrogen (secondary N) is 1. The largest absolute Gasteiger partial charge is 0.419 e. The molecule has 0 saturated carbocycles. The Hall–Kier alpha value is -2.10. The molecule has 0 aliphatic rings. The number of hydrogen-bond acceptors (Lipinski definition) is 3. The first-order valence-corrected chi connectivity index (χ1v) is 5.27. The lowest BCUT2D eigenvalue weighted by atomic mass is 10.2. The highest BCUT2D eigenvalue weighted by molar-refractivity contribution is 5.84. The molecular formula is C12H11N3O. The Kier molecular flexibility index (Phi) is 1.99. The van der Waals surface area contributed by atoms with Gasteiger partial charge in [-0.25, -0.2) is 0 Å². The number of fused-ring (bicyclic) bond motifs is 1. The summed E-state index contributed by atoms with van der Waals surface area (Å²) in [6.07, 6.45) is 0.757. The van der Waals surface area contributed by atoms with Crippen molar-refractivity contribution < 1.29 is 4.42 Å². The Morgan fingerprint density at radius 2 is 2.12 bits per heavy atom. The van der Waals surface area contributed by atoms with E-state index in [0.717, 1.165) is 23.0 Å². The van der Waals surface area contributed by atoms with Gasteiger partial charge < -0.3 is 9.40 Å². The van der Waals surface area contributed by atoms with Gasteiger partial charge in [0.15, 0.2) is 0 Å². The number of aromatic nitrogens is 3. The van der Waals surface area contributed by atoms with Gasteiger partial charge in [-0.3, -0.25) is 0 Å². The number of hydrogen-bond donors (Lipinski definition) is 1. The van der Waals surface area contributed by atoms with Crippen LogP contribution < -0.4 is 0 Å². The van der Waals surface area contributed by atoms with Crippen LogP contribution in [0.4, 0.5) is 0 Å². The van der Waals surface area contributed by atoms with Crippen molar-refractivity contribution in [2.75, 3.05) is 0 Å². The predicted molar refractivity (Wildman–Crippen MR) is 61.0 cm³/mol. The van der Waals surface area contributed by atoms with E-state index < -0.39 is 0 Å². The standard InChI is InChI=1S/C12H11N3O/c1-2-11-14-15-12(16-11)10-7-8-5-3-4-6-9(8)13-10/h3-7,13H,2H2,1H3. The van der Waals surface area contributed by atoms with Crippen molar-refractivity contribution in [2.45, 2.75) is 13.3 Å². The average molecular weight is 213 g/mol. The van der Waals surface area contributed by atoms with Gasteiger partial charge in [-0.15, -0.1) is 10.2 Å². The van der Waals surface area contributed by atoms with Crippen LogP contribution in [0.5, 0.6) is 0 Å². The van der Waals surface area contributed by atoms with Gasteiger partial charge in [-0.2, -0.15) is 0 Å². The second-order valence-electron chi connectivity index (χ2n) is 3.62. The van der Waals surface area contributed by atoms with Gasteiger partial charge in [0.1, 0.15) is 5.69 Å². The zero-order valence-electron chi connectivity index (χ0n) is 8.90. The summed E-state index contributed by atoms with van der Waals surface area (Å²) < 4.78 is 5.49. The van der Waals surface area contributed by atoms with Crippen molar-refractivity contribution in [2.24, 2.45) is 0 Å². The molecule has 0 fully saturated rings. The minimum atomic E-state index is 0.549. The minimum Gasteiger partial charge on any atom is -0.419 e. The molecule has 0 aliphatic carbocycles. The fourth-order valence-corrected chi connectivity index (χ4v) is 1.69. The van der Waals surface area contributed by atoms with Gasteiger partial charge >= 0.3 is 0 Å². The molecule has 4 heteroatoms. The zero-order valence-corrected chi connectivity index (χ0v) is 8.90. The van der Waals surface area contributed by atoms with E-state index in [4.69, 9.17) is 4.42 Å². The first kappa shape index (κ1) is 9.15.